The van der Waals surface area contributed by atoms with E-state index in [2.05, 4.69) is 33.8 Å². The van der Waals surface area contributed by atoms with Crippen molar-refractivity contribution in [2.75, 3.05) is 0 Å². The third-order valence-corrected chi connectivity index (χ3v) is 5.98. The highest BCUT2D eigenvalue weighted by molar-refractivity contribution is 5.82. The van der Waals surface area contributed by atoms with Crippen LogP contribution < -0.4 is 4.74 Å². The molecule has 1 aliphatic heterocycles. The van der Waals surface area contributed by atoms with Gasteiger partial charge in [-0.15, -0.1) is 0 Å². The van der Waals surface area contributed by atoms with E-state index < -0.39 is 0 Å². The molecule has 2 aliphatic rings. The average Bonchev–Trinajstić information content (AvgIpc) is 3.03. The van der Waals surface area contributed by atoms with E-state index in [4.69, 9.17) is 4.74 Å². The monoisotopic (exact) mass is 342 g/mol. The maximum atomic E-state index is 10.7. The van der Waals surface area contributed by atoms with Crippen molar-refractivity contribution in [3.05, 3.63) is 28.8 Å². The number of ether oxygens (including phenoxy) is 1. The first-order valence-corrected chi connectivity index (χ1v) is 10.2. The minimum absolute atomic E-state index is 0.239. The van der Waals surface area contributed by atoms with E-state index in [-0.39, 0.29) is 5.60 Å². The number of fused-ring (bicyclic) bond motifs is 2. The van der Waals surface area contributed by atoms with Crippen LogP contribution in [0, 0.1) is 5.92 Å². The SMILES string of the molecule is CCCCCC(C)CCc1cc(O)c2c(c1)OC(C)(C)C1=C2CCC1. The molecule has 2 heteroatoms. The molecule has 138 valence electrons. The average molecular weight is 343 g/mol. The van der Waals surface area contributed by atoms with Crippen molar-refractivity contribution < 1.29 is 9.84 Å². The lowest BCUT2D eigenvalue weighted by Crippen LogP contribution is -2.33. The molecule has 0 amide bonds. The molecule has 3 rings (SSSR count). The predicted octanol–water partition coefficient (Wildman–Crippen LogP) is 6.65. The van der Waals surface area contributed by atoms with Crippen LogP contribution in [0.5, 0.6) is 11.5 Å². The van der Waals surface area contributed by atoms with E-state index >= 15 is 0 Å². The van der Waals surface area contributed by atoms with Gasteiger partial charge in [0, 0.05) is 0 Å². The van der Waals surface area contributed by atoms with Crippen LogP contribution in [0.15, 0.2) is 17.7 Å². The number of phenols is 1. The Morgan fingerprint density at radius 1 is 1.16 bits per heavy atom. The summed E-state index contributed by atoms with van der Waals surface area (Å²) >= 11 is 0. The summed E-state index contributed by atoms with van der Waals surface area (Å²) in [6.07, 6.45) is 10.8. The zero-order valence-corrected chi connectivity index (χ0v) is 16.5. The first kappa shape index (κ1) is 18.4. The summed E-state index contributed by atoms with van der Waals surface area (Å²) in [6.45, 7) is 8.93. The number of benzene rings is 1. The van der Waals surface area contributed by atoms with Crippen LogP contribution >= 0.6 is 0 Å². The van der Waals surface area contributed by atoms with Crippen LogP contribution in [0.3, 0.4) is 0 Å². The van der Waals surface area contributed by atoms with Gasteiger partial charge in [-0.2, -0.15) is 0 Å². The minimum atomic E-state index is -0.239. The van der Waals surface area contributed by atoms with Gasteiger partial charge >= 0.3 is 0 Å². The van der Waals surface area contributed by atoms with E-state index in [0.29, 0.717) is 5.75 Å². The largest absolute Gasteiger partial charge is 0.507 e. The van der Waals surface area contributed by atoms with Crippen LogP contribution in [0.4, 0.5) is 0 Å². The molecule has 0 saturated carbocycles. The minimum Gasteiger partial charge on any atom is -0.507 e. The van der Waals surface area contributed by atoms with Crippen LogP contribution in [0.1, 0.15) is 90.2 Å². The van der Waals surface area contributed by atoms with Crippen molar-refractivity contribution in [3.8, 4) is 11.5 Å². The lowest BCUT2D eigenvalue weighted by molar-refractivity contribution is 0.141. The molecule has 0 aromatic heterocycles. The summed E-state index contributed by atoms with van der Waals surface area (Å²) in [5.74, 6) is 2.04. The second-order valence-corrected chi connectivity index (χ2v) is 8.55. The Labute approximate surface area is 153 Å². The molecule has 1 heterocycles. The number of aromatic hydroxyl groups is 1. The van der Waals surface area contributed by atoms with Crippen molar-refractivity contribution in [1.29, 1.82) is 0 Å². The van der Waals surface area contributed by atoms with E-state index in [1.54, 1.807) is 0 Å². The van der Waals surface area contributed by atoms with Gasteiger partial charge in [0.05, 0.1) is 5.56 Å². The normalized spacial score (nSPS) is 19.4. The molecule has 25 heavy (non-hydrogen) atoms. The molecular weight excluding hydrogens is 308 g/mol. The Kier molecular flexibility index (Phi) is 5.46. The Morgan fingerprint density at radius 3 is 2.72 bits per heavy atom. The molecule has 0 fully saturated rings. The van der Waals surface area contributed by atoms with Gasteiger partial charge in [0.25, 0.3) is 0 Å². The van der Waals surface area contributed by atoms with Gasteiger partial charge in [-0.3, -0.25) is 0 Å². The lowest BCUT2D eigenvalue weighted by Gasteiger charge is -2.35. The van der Waals surface area contributed by atoms with Crippen LogP contribution in [0.25, 0.3) is 5.57 Å². The van der Waals surface area contributed by atoms with E-state index in [9.17, 15) is 5.11 Å². The first-order valence-electron chi connectivity index (χ1n) is 10.2. The number of rotatable bonds is 7. The third-order valence-electron chi connectivity index (χ3n) is 5.98. The summed E-state index contributed by atoms with van der Waals surface area (Å²) in [6, 6.07) is 4.15. The number of hydrogen-bond donors (Lipinski definition) is 1. The van der Waals surface area contributed by atoms with E-state index in [1.807, 2.05) is 6.07 Å². The fraction of sp³-hybridized carbons (Fsp3) is 0.652. The second-order valence-electron chi connectivity index (χ2n) is 8.55. The Bertz CT molecular complexity index is 654. The fourth-order valence-electron chi connectivity index (χ4n) is 4.51. The summed E-state index contributed by atoms with van der Waals surface area (Å²) in [5.41, 5.74) is 4.65. The molecule has 0 bridgehead atoms. The van der Waals surface area contributed by atoms with Gasteiger partial charge in [0.2, 0.25) is 0 Å². The standard InChI is InChI=1S/C23H34O2/c1-5-6-7-9-16(2)12-13-17-14-20(24)22-18-10-8-11-19(18)23(3,4)25-21(22)15-17/h14-16,24H,5-13H2,1-4H3. The quantitative estimate of drug-likeness (QED) is 0.562. The van der Waals surface area contributed by atoms with Gasteiger partial charge < -0.3 is 9.84 Å². The Balaban J connectivity index is 1.75. The van der Waals surface area contributed by atoms with Crippen LogP contribution in [-0.2, 0) is 6.42 Å². The molecule has 1 aromatic rings. The number of phenolic OH excluding ortho intramolecular Hbond substituents is 1. The molecule has 0 saturated heterocycles. The predicted molar refractivity (Wildman–Crippen MR) is 105 cm³/mol. The van der Waals surface area contributed by atoms with E-state index in [0.717, 1.165) is 36.5 Å². The molecule has 1 N–H and O–H groups in total. The zero-order chi connectivity index (χ0) is 18.0. The molecule has 2 nitrogen and oxygen atoms in total. The van der Waals surface area contributed by atoms with Crippen molar-refractivity contribution >= 4 is 5.57 Å². The summed E-state index contributed by atoms with van der Waals surface area (Å²) in [4.78, 5) is 0. The molecule has 1 atom stereocenters. The van der Waals surface area contributed by atoms with Crippen molar-refractivity contribution in [2.24, 2.45) is 5.92 Å². The van der Waals surface area contributed by atoms with Gasteiger partial charge in [0.1, 0.15) is 17.1 Å². The molecule has 1 aromatic carbocycles. The van der Waals surface area contributed by atoms with E-state index in [1.165, 1.54) is 55.2 Å². The highest BCUT2D eigenvalue weighted by Crippen LogP contribution is 2.51. The summed E-state index contributed by atoms with van der Waals surface area (Å²) in [7, 11) is 0. The van der Waals surface area contributed by atoms with Crippen molar-refractivity contribution in [1.82, 2.24) is 0 Å². The number of hydrogen-bond acceptors (Lipinski definition) is 2. The molecule has 1 aliphatic carbocycles. The highest BCUT2D eigenvalue weighted by Gasteiger charge is 2.38. The summed E-state index contributed by atoms with van der Waals surface area (Å²) in [5, 5.41) is 10.7. The van der Waals surface area contributed by atoms with Gasteiger partial charge in [-0.05, 0) is 80.7 Å². The molecule has 0 spiro atoms. The Hall–Kier alpha value is -1.44. The van der Waals surface area contributed by atoms with Gasteiger partial charge in [-0.25, -0.2) is 0 Å². The molecular formula is C23H34O2. The Morgan fingerprint density at radius 2 is 1.96 bits per heavy atom. The topological polar surface area (TPSA) is 29.5 Å². The van der Waals surface area contributed by atoms with Crippen LogP contribution in [0.2, 0.25) is 0 Å². The van der Waals surface area contributed by atoms with Crippen molar-refractivity contribution in [2.45, 2.75) is 91.1 Å². The first-order chi connectivity index (χ1) is 11.9. The van der Waals surface area contributed by atoms with Gasteiger partial charge in [-0.1, -0.05) is 39.5 Å². The zero-order valence-electron chi connectivity index (χ0n) is 16.5. The van der Waals surface area contributed by atoms with Gasteiger partial charge in [0.15, 0.2) is 0 Å². The van der Waals surface area contributed by atoms with Crippen LogP contribution in [-0.4, -0.2) is 10.7 Å². The number of allylic oxidation sites excluding steroid dienone is 1. The molecule has 0 radical (unpaired) electrons. The maximum absolute atomic E-state index is 10.7. The number of aryl methyl sites for hydroxylation is 1. The highest BCUT2D eigenvalue weighted by atomic mass is 16.5. The summed E-state index contributed by atoms with van der Waals surface area (Å²) < 4.78 is 6.32. The van der Waals surface area contributed by atoms with Crippen molar-refractivity contribution in [3.63, 3.8) is 0 Å². The second kappa shape index (κ2) is 7.43. The maximum Gasteiger partial charge on any atom is 0.132 e. The fourth-order valence-corrected chi connectivity index (χ4v) is 4.51. The smallest absolute Gasteiger partial charge is 0.132 e. The lowest BCUT2D eigenvalue weighted by atomic mass is 9.86. The number of unbranched alkanes of at least 4 members (excludes halogenated alkanes) is 2. The third kappa shape index (κ3) is 3.88. The molecule has 1 unspecified atom stereocenters.